The number of likely N-dealkylation sites (N-methyl/N-ethyl adjacent to an activating group) is 1. The van der Waals surface area contributed by atoms with Gasteiger partial charge in [-0.05, 0) is 61.9 Å². The number of imidazole rings is 1. The van der Waals surface area contributed by atoms with Crippen molar-refractivity contribution < 1.29 is 4.74 Å². The zero-order valence-corrected chi connectivity index (χ0v) is 16.7. The summed E-state index contributed by atoms with van der Waals surface area (Å²) in [5, 5.41) is 0. The number of ether oxygens (including phenoxy) is 1. The molecular weight excluding hydrogens is 348 g/mol. The predicted octanol–water partition coefficient (Wildman–Crippen LogP) is 3.85. The average molecular weight is 377 g/mol. The van der Waals surface area contributed by atoms with Gasteiger partial charge in [0.2, 0.25) is 0 Å². The zero-order chi connectivity index (χ0) is 19.1. The van der Waals surface area contributed by atoms with Gasteiger partial charge in [0.1, 0.15) is 11.4 Å². The van der Waals surface area contributed by atoms with Crippen molar-refractivity contribution in [2.45, 2.75) is 31.3 Å². The van der Waals surface area contributed by atoms with Crippen molar-refractivity contribution in [3.63, 3.8) is 0 Å². The molecule has 28 heavy (non-hydrogen) atoms. The molecule has 5 nitrogen and oxygen atoms in total. The van der Waals surface area contributed by atoms with E-state index in [0.29, 0.717) is 6.04 Å². The van der Waals surface area contributed by atoms with Gasteiger partial charge in [-0.15, -0.1) is 0 Å². The largest absolute Gasteiger partial charge is 0.497 e. The summed E-state index contributed by atoms with van der Waals surface area (Å²) in [5.41, 5.74) is 4.52. The normalized spacial score (nSPS) is 21.7. The molecule has 1 saturated heterocycles. The second-order valence-corrected chi connectivity index (χ2v) is 8.11. The summed E-state index contributed by atoms with van der Waals surface area (Å²) >= 11 is 0. The third-order valence-electron chi connectivity index (χ3n) is 6.51. The number of piperazine rings is 1. The molecule has 0 radical (unpaired) electrons. The maximum atomic E-state index is 5.30. The Labute approximate surface area is 166 Å². The van der Waals surface area contributed by atoms with Crippen molar-refractivity contribution in [1.29, 1.82) is 0 Å². The van der Waals surface area contributed by atoms with Gasteiger partial charge in [0, 0.05) is 31.9 Å². The van der Waals surface area contributed by atoms with Crippen LogP contribution in [0.5, 0.6) is 5.75 Å². The molecule has 5 rings (SSSR count). The van der Waals surface area contributed by atoms with Crippen LogP contribution in [0.25, 0.3) is 16.9 Å². The fourth-order valence-electron chi connectivity index (χ4n) is 4.48. The van der Waals surface area contributed by atoms with Crippen LogP contribution in [0.2, 0.25) is 0 Å². The van der Waals surface area contributed by atoms with Crippen LogP contribution in [0, 0.1) is 0 Å². The first kappa shape index (κ1) is 17.7. The van der Waals surface area contributed by atoms with Gasteiger partial charge < -0.3 is 4.74 Å². The first-order chi connectivity index (χ1) is 13.7. The first-order valence-corrected chi connectivity index (χ1v) is 10.3. The van der Waals surface area contributed by atoms with E-state index >= 15 is 0 Å². The number of methoxy groups -OCH3 is 1. The smallest absolute Gasteiger partial charge is 0.137 e. The van der Waals surface area contributed by atoms with Gasteiger partial charge in [0.25, 0.3) is 0 Å². The van der Waals surface area contributed by atoms with E-state index in [-0.39, 0.29) is 0 Å². The van der Waals surface area contributed by atoms with Crippen LogP contribution in [-0.2, 0) is 0 Å². The average Bonchev–Trinajstić information content (AvgIpc) is 3.12. The van der Waals surface area contributed by atoms with Crippen LogP contribution in [0.4, 0.5) is 0 Å². The van der Waals surface area contributed by atoms with Crippen molar-refractivity contribution >= 4 is 5.65 Å². The number of nitrogens with zero attached hydrogens (tertiary/aromatic N) is 4. The lowest BCUT2D eigenvalue weighted by Gasteiger charge is -2.45. The third kappa shape index (κ3) is 3.09. The molecule has 1 aliphatic carbocycles. The number of benzene rings is 1. The summed E-state index contributed by atoms with van der Waals surface area (Å²) in [6.07, 6.45) is 6.36. The number of aromatic nitrogens is 2. The Morgan fingerprint density at radius 1 is 1.04 bits per heavy atom. The van der Waals surface area contributed by atoms with Crippen molar-refractivity contribution in [2.24, 2.45) is 0 Å². The minimum Gasteiger partial charge on any atom is -0.497 e. The number of fused-ring (bicyclic) bond motifs is 1. The topological polar surface area (TPSA) is 33.0 Å². The van der Waals surface area contributed by atoms with Gasteiger partial charge in [0.15, 0.2) is 0 Å². The molecule has 1 aromatic carbocycles. The molecule has 146 valence electrons. The van der Waals surface area contributed by atoms with Crippen molar-refractivity contribution in [2.75, 3.05) is 33.8 Å². The molecule has 3 aromatic rings. The molecule has 2 aromatic heterocycles. The third-order valence-corrected chi connectivity index (χ3v) is 6.51. The Balaban J connectivity index is 1.48. The van der Waals surface area contributed by atoms with Crippen LogP contribution in [-0.4, -0.2) is 59.0 Å². The minimum absolute atomic E-state index is 0.359. The molecule has 1 saturated carbocycles. The summed E-state index contributed by atoms with van der Waals surface area (Å²) < 4.78 is 7.53. The lowest BCUT2D eigenvalue weighted by Crippen LogP contribution is -2.52. The highest BCUT2D eigenvalue weighted by Crippen LogP contribution is 2.32. The maximum Gasteiger partial charge on any atom is 0.137 e. The SMILES string of the molecule is COc1ccc(-c2cccc3nc([C@@H]4CN(C5CCC5)CCN4C)cn23)cc1. The second-order valence-electron chi connectivity index (χ2n) is 8.11. The Bertz CT molecular complexity index is 960. The van der Waals surface area contributed by atoms with E-state index in [1.807, 2.05) is 12.1 Å². The monoisotopic (exact) mass is 376 g/mol. The molecule has 5 heteroatoms. The predicted molar refractivity (Wildman–Crippen MR) is 112 cm³/mol. The molecular formula is C23H28N4O. The highest BCUT2D eigenvalue weighted by molar-refractivity contribution is 5.64. The standard InChI is InChI=1S/C23H28N4O/c1-25-13-14-26(18-5-3-6-18)16-22(25)20-15-27-21(7-4-8-23(27)24-20)17-9-11-19(28-2)12-10-17/h4,7-12,15,18,22H,3,5-6,13-14,16H2,1-2H3/t22-/m0/s1. The molecule has 0 spiro atoms. The zero-order valence-electron chi connectivity index (χ0n) is 16.7. The maximum absolute atomic E-state index is 5.30. The van der Waals surface area contributed by atoms with Crippen LogP contribution in [0.3, 0.4) is 0 Å². The Kier molecular flexibility index (Phi) is 4.57. The second kappa shape index (κ2) is 7.22. The summed E-state index contributed by atoms with van der Waals surface area (Å²) in [5.74, 6) is 0.877. The van der Waals surface area contributed by atoms with Crippen LogP contribution in [0.15, 0.2) is 48.7 Å². The van der Waals surface area contributed by atoms with Gasteiger partial charge in [0.05, 0.1) is 24.5 Å². The fraction of sp³-hybridized carbons (Fsp3) is 0.435. The highest BCUT2D eigenvalue weighted by Gasteiger charge is 2.33. The Morgan fingerprint density at radius 3 is 2.57 bits per heavy atom. The van der Waals surface area contributed by atoms with E-state index in [4.69, 9.17) is 9.72 Å². The van der Waals surface area contributed by atoms with Crippen molar-refractivity contribution in [3.05, 3.63) is 54.4 Å². The van der Waals surface area contributed by atoms with Gasteiger partial charge in [-0.25, -0.2) is 4.98 Å². The molecule has 0 N–H and O–H groups in total. The Hall–Kier alpha value is -2.37. The van der Waals surface area contributed by atoms with E-state index < -0.39 is 0 Å². The number of hydrogen-bond donors (Lipinski definition) is 0. The fourth-order valence-corrected chi connectivity index (χ4v) is 4.48. The quantitative estimate of drug-likeness (QED) is 0.692. The number of hydrogen-bond acceptors (Lipinski definition) is 4. The highest BCUT2D eigenvalue weighted by atomic mass is 16.5. The lowest BCUT2D eigenvalue weighted by molar-refractivity contribution is 0.0344. The summed E-state index contributed by atoms with van der Waals surface area (Å²) in [6.45, 7) is 3.38. The van der Waals surface area contributed by atoms with Gasteiger partial charge in [-0.2, -0.15) is 0 Å². The Morgan fingerprint density at radius 2 is 1.86 bits per heavy atom. The summed E-state index contributed by atoms with van der Waals surface area (Å²) in [6, 6.07) is 15.7. The molecule has 3 heterocycles. The van der Waals surface area contributed by atoms with Gasteiger partial charge in [-0.3, -0.25) is 14.2 Å². The van der Waals surface area contributed by atoms with E-state index in [9.17, 15) is 0 Å². The van der Waals surface area contributed by atoms with Crippen molar-refractivity contribution in [1.82, 2.24) is 19.2 Å². The molecule has 0 amide bonds. The van der Waals surface area contributed by atoms with Crippen molar-refractivity contribution in [3.8, 4) is 17.0 Å². The minimum atomic E-state index is 0.359. The lowest BCUT2D eigenvalue weighted by atomic mass is 9.90. The van der Waals surface area contributed by atoms with Crippen LogP contribution in [0.1, 0.15) is 31.0 Å². The molecule has 1 atom stereocenters. The first-order valence-electron chi connectivity index (χ1n) is 10.3. The van der Waals surface area contributed by atoms with E-state index in [2.05, 4.69) is 57.8 Å². The molecule has 2 fully saturated rings. The van der Waals surface area contributed by atoms with E-state index in [0.717, 1.165) is 36.2 Å². The van der Waals surface area contributed by atoms with Crippen LogP contribution < -0.4 is 4.74 Å². The molecule has 1 aliphatic heterocycles. The number of rotatable bonds is 4. The van der Waals surface area contributed by atoms with E-state index in [1.54, 1.807) is 7.11 Å². The molecule has 0 unspecified atom stereocenters. The van der Waals surface area contributed by atoms with E-state index in [1.165, 1.54) is 37.1 Å². The molecule has 0 bridgehead atoms. The van der Waals surface area contributed by atoms with Gasteiger partial charge in [-0.1, -0.05) is 12.5 Å². The number of pyridine rings is 1. The molecule has 2 aliphatic rings. The van der Waals surface area contributed by atoms with Crippen LogP contribution >= 0.6 is 0 Å². The summed E-state index contributed by atoms with van der Waals surface area (Å²) in [7, 11) is 3.93. The summed E-state index contributed by atoms with van der Waals surface area (Å²) in [4.78, 5) is 10.2. The van der Waals surface area contributed by atoms with Gasteiger partial charge >= 0.3 is 0 Å².